The van der Waals surface area contributed by atoms with E-state index in [2.05, 4.69) is 5.32 Å². The number of carbonyl (C=O) groups is 2. The summed E-state index contributed by atoms with van der Waals surface area (Å²) in [6.07, 6.45) is 4.07. The second-order valence-electron chi connectivity index (χ2n) is 5.94. The highest BCUT2D eigenvalue weighted by Crippen LogP contribution is 2.54. The van der Waals surface area contributed by atoms with Gasteiger partial charge in [-0.25, -0.2) is 4.79 Å². The minimum Gasteiger partial charge on any atom is -0.481 e. The van der Waals surface area contributed by atoms with Crippen molar-refractivity contribution in [2.45, 2.75) is 25.7 Å². The zero-order chi connectivity index (χ0) is 12.7. The van der Waals surface area contributed by atoms with Crippen molar-refractivity contribution in [2.75, 3.05) is 19.6 Å². The molecule has 5 nitrogen and oxygen atoms in total. The number of amides is 2. The maximum atomic E-state index is 11.9. The van der Waals surface area contributed by atoms with E-state index in [4.69, 9.17) is 5.11 Å². The van der Waals surface area contributed by atoms with Gasteiger partial charge in [0.1, 0.15) is 0 Å². The Hall–Kier alpha value is -1.26. The van der Waals surface area contributed by atoms with E-state index in [1.807, 2.05) is 4.90 Å². The van der Waals surface area contributed by atoms with Crippen molar-refractivity contribution < 1.29 is 14.7 Å². The van der Waals surface area contributed by atoms with Gasteiger partial charge in [0.15, 0.2) is 0 Å². The van der Waals surface area contributed by atoms with Crippen LogP contribution in [-0.4, -0.2) is 41.6 Å². The van der Waals surface area contributed by atoms with Crippen LogP contribution in [0.5, 0.6) is 0 Å². The van der Waals surface area contributed by atoms with Crippen molar-refractivity contribution in [1.29, 1.82) is 0 Å². The normalized spacial score (nSPS) is 36.8. The first-order chi connectivity index (χ1) is 8.65. The van der Waals surface area contributed by atoms with Gasteiger partial charge in [-0.2, -0.15) is 0 Å². The fourth-order valence-electron chi connectivity index (χ4n) is 4.24. The van der Waals surface area contributed by atoms with Gasteiger partial charge in [0.25, 0.3) is 0 Å². The largest absolute Gasteiger partial charge is 0.481 e. The van der Waals surface area contributed by atoms with Crippen LogP contribution in [0.15, 0.2) is 0 Å². The van der Waals surface area contributed by atoms with Crippen molar-refractivity contribution in [3.63, 3.8) is 0 Å². The maximum Gasteiger partial charge on any atom is 0.317 e. The second-order valence-corrected chi connectivity index (χ2v) is 5.94. The molecule has 3 aliphatic rings. The molecule has 2 N–H and O–H groups in total. The van der Waals surface area contributed by atoms with E-state index in [0.29, 0.717) is 11.8 Å². The van der Waals surface area contributed by atoms with Gasteiger partial charge in [0.2, 0.25) is 0 Å². The summed E-state index contributed by atoms with van der Waals surface area (Å²) in [7, 11) is 0. The summed E-state index contributed by atoms with van der Waals surface area (Å²) in [5.74, 6) is 2.25. The minimum absolute atomic E-state index is 0.00229. The van der Waals surface area contributed by atoms with E-state index in [0.717, 1.165) is 24.9 Å². The molecule has 1 saturated heterocycles. The molecular formula is C13H20N2O3. The molecule has 3 fully saturated rings. The van der Waals surface area contributed by atoms with Gasteiger partial charge in [-0.1, -0.05) is 0 Å². The molecule has 5 heteroatoms. The van der Waals surface area contributed by atoms with E-state index < -0.39 is 5.97 Å². The average Bonchev–Trinajstić information content (AvgIpc) is 3.00. The van der Waals surface area contributed by atoms with Gasteiger partial charge in [-0.05, 0) is 42.9 Å². The van der Waals surface area contributed by atoms with Crippen LogP contribution in [-0.2, 0) is 4.79 Å². The Bertz CT molecular complexity index is 353. The number of urea groups is 1. The van der Waals surface area contributed by atoms with E-state index in [9.17, 15) is 9.59 Å². The number of fused-ring (bicyclic) bond motifs is 5. The van der Waals surface area contributed by atoms with Gasteiger partial charge < -0.3 is 15.3 Å². The first kappa shape index (κ1) is 11.8. The fourth-order valence-corrected chi connectivity index (χ4v) is 4.24. The van der Waals surface area contributed by atoms with Crippen LogP contribution in [0.3, 0.4) is 0 Å². The van der Waals surface area contributed by atoms with E-state index in [1.165, 1.54) is 19.3 Å². The number of carboxylic acids is 1. The quantitative estimate of drug-likeness (QED) is 0.791. The van der Waals surface area contributed by atoms with Crippen molar-refractivity contribution in [3.05, 3.63) is 0 Å². The second kappa shape index (κ2) is 4.44. The lowest BCUT2D eigenvalue weighted by molar-refractivity contribution is -0.136. The van der Waals surface area contributed by atoms with Crippen LogP contribution in [0.2, 0.25) is 0 Å². The van der Waals surface area contributed by atoms with Crippen LogP contribution >= 0.6 is 0 Å². The molecule has 4 unspecified atom stereocenters. The third kappa shape index (κ3) is 1.95. The number of carbonyl (C=O) groups excluding carboxylic acids is 1. The fraction of sp³-hybridized carbons (Fsp3) is 0.846. The summed E-state index contributed by atoms with van der Waals surface area (Å²) in [4.78, 5) is 24.2. The molecule has 2 amide bonds. The van der Waals surface area contributed by atoms with Crippen LogP contribution in [0.1, 0.15) is 25.7 Å². The Morgan fingerprint density at radius 2 is 1.78 bits per heavy atom. The van der Waals surface area contributed by atoms with Gasteiger partial charge in [0.05, 0.1) is 6.42 Å². The molecule has 0 aromatic carbocycles. The van der Waals surface area contributed by atoms with Gasteiger partial charge in [0, 0.05) is 19.6 Å². The predicted molar refractivity (Wildman–Crippen MR) is 65.0 cm³/mol. The number of nitrogens with one attached hydrogen (secondary N) is 1. The lowest BCUT2D eigenvalue weighted by atomic mass is 9.82. The maximum absolute atomic E-state index is 11.9. The lowest BCUT2D eigenvalue weighted by Crippen LogP contribution is -2.40. The number of hydrogen-bond donors (Lipinski definition) is 2. The molecule has 1 heterocycles. The molecule has 100 valence electrons. The topological polar surface area (TPSA) is 69.6 Å². The van der Waals surface area contributed by atoms with Crippen molar-refractivity contribution in [3.8, 4) is 0 Å². The van der Waals surface area contributed by atoms with E-state index in [1.54, 1.807) is 0 Å². The molecule has 0 aromatic heterocycles. The van der Waals surface area contributed by atoms with Gasteiger partial charge in [-0.3, -0.25) is 4.79 Å². The van der Waals surface area contributed by atoms with E-state index in [-0.39, 0.29) is 19.0 Å². The molecule has 2 saturated carbocycles. The average molecular weight is 252 g/mol. The smallest absolute Gasteiger partial charge is 0.317 e. The molecular weight excluding hydrogens is 232 g/mol. The number of rotatable bonds is 3. The Morgan fingerprint density at radius 1 is 1.17 bits per heavy atom. The SMILES string of the molecule is O=C(O)CCNC(=O)N1CC2C3CCC(C3)C2C1. The summed E-state index contributed by atoms with van der Waals surface area (Å²) in [5, 5.41) is 11.2. The summed E-state index contributed by atoms with van der Waals surface area (Å²) < 4.78 is 0. The molecule has 1 aliphatic heterocycles. The van der Waals surface area contributed by atoms with Crippen LogP contribution in [0, 0.1) is 23.7 Å². The van der Waals surface area contributed by atoms with Crippen molar-refractivity contribution in [1.82, 2.24) is 10.2 Å². The molecule has 3 rings (SSSR count). The zero-order valence-electron chi connectivity index (χ0n) is 10.5. The van der Waals surface area contributed by atoms with Gasteiger partial charge in [-0.15, -0.1) is 0 Å². The minimum atomic E-state index is -0.869. The Balaban J connectivity index is 1.50. The van der Waals surface area contributed by atoms with Gasteiger partial charge >= 0.3 is 12.0 Å². The summed E-state index contributed by atoms with van der Waals surface area (Å²) >= 11 is 0. The molecule has 2 aliphatic carbocycles. The number of likely N-dealkylation sites (tertiary alicyclic amines) is 1. The van der Waals surface area contributed by atoms with Crippen molar-refractivity contribution >= 4 is 12.0 Å². The highest BCUT2D eigenvalue weighted by atomic mass is 16.4. The third-order valence-corrected chi connectivity index (χ3v) is 5.04. The lowest BCUT2D eigenvalue weighted by Gasteiger charge is -2.22. The monoisotopic (exact) mass is 252 g/mol. The van der Waals surface area contributed by atoms with Crippen LogP contribution < -0.4 is 5.32 Å². The Labute approximate surface area is 107 Å². The summed E-state index contributed by atoms with van der Waals surface area (Å²) in [6, 6.07) is -0.0787. The zero-order valence-corrected chi connectivity index (χ0v) is 10.5. The first-order valence-electron chi connectivity index (χ1n) is 6.89. The summed E-state index contributed by atoms with van der Waals surface area (Å²) in [6.45, 7) is 1.99. The number of aliphatic carboxylic acids is 1. The van der Waals surface area contributed by atoms with Crippen LogP contribution in [0.4, 0.5) is 4.79 Å². The Kier molecular flexibility index (Phi) is 2.92. The number of carboxylic acid groups (broad SMARTS) is 1. The van der Waals surface area contributed by atoms with E-state index >= 15 is 0 Å². The highest BCUT2D eigenvalue weighted by Gasteiger charge is 2.52. The predicted octanol–water partition coefficient (Wildman–Crippen LogP) is 1.15. The molecule has 2 bridgehead atoms. The molecule has 0 aromatic rings. The molecule has 4 atom stereocenters. The third-order valence-electron chi connectivity index (χ3n) is 5.04. The highest BCUT2D eigenvalue weighted by molar-refractivity contribution is 5.75. The summed E-state index contributed by atoms with van der Waals surface area (Å²) in [5.41, 5.74) is 0. The molecule has 18 heavy (non-hydrogen) atoms. The standard InChI is InChI=1S/C13H20N2O3/c16-12(17)3-4-14-13(18)15-6-10-8-1-2-9(5-8)11(10)7-15/h8-11H,1-7H2,(H,14,18)(H,16,17). The molecule has 0 spiro atoms. The number of hydrogen-bond acceptors (Lipinski definition) is 2. The Morgan fingerprint density at radius 3 is 2.33 bits per heavy atom. The van der Waals surface area contributed by atoms with Crippen molar-refractivity contribution in [2.24, 2.45) is 23.7 Å². The first-order valence-corrected chi connectivity index (χ1v) is 6.89. The number of nitrogens with zero attached hydrogens (tertiary/aromatic N) is 1. The molecule has 0 radical (unpaired) electrons. The van der Waals surface area contributed by atoms with Crippen LogP contribution in [0.25, 0.3) is 0 Å².